The number of halogens is 3. The molecule has 12 heteroatoms. The number of aryl methyl sites for hydroxylation is 1. The molecule has 1 aliphatic heterocycles. The van der Waals surface area contributed by atoms with E-state index >= 15 is 0 Å². The molecule has 1 aromatic heterocycles. The van der Waals surface area contributed by atoms with Crippen molar-refractivity contribution < 1.29 is 32.2 Å². The highest BCUT2D eigenvalue weighted by Gasteiger charge is 2.36. The zero-order valence-corrected chi connectivity index (χ0v) is 19.4. The number of hydrogen-bond donors (Lipinski definition) is 0. The Bertz CT molecular complexity index is 1290. The van der Waals surface area contributed by atoms with Crippen molar-refractivity contribution in [1.29, 1.82) is 0 Å². The fourth-order valence-electron chi connectivity index (χ4n) is 3.33. The molecule has 0 saturated carbocycles. The summed E-state index contributed by atoms with van der Waals surface area (Å²) in [6.07, 6.45) is -0.235. The quantitative estimate of drug-likeness (QED) is 0.412. The Morgan fingerprint density at radius 1 is 1.06 bits per heavy atom. The molecule has 0 atom stereocenters. The van der Waals surface area contributed by atoms with Gasteiger partial charge in [-0.1, -0.05) is 17.7 Å². The van der Waals surface area contributed by atoms with E-state index in [-0.39, 0.29) is 28.7 Å². The predicted molar refractivity (Wildman–Crippen MR) is 122 cm³/mol. The standard InChI is InChI=1S/C23H19F3N4O4S/c1-14-3-5-17(16(9-14)23(24,25)26)34-18-6-4-15(10-19(18)33-2)11-20-21(31)30(22(32)35-20)8-7-29-13-27-12-28-29/h3-6,9-13H,7-8H2,1-2H3/b20-11-. The summed E-state index contributed by atoms with van der Waals surface area (Å²) in [7, 11) is 1.35. The lowest BCUT2D eigenvalue weighted by Gasteiger charge is -2.16. The zero-order valence-electron chi connectivity index (χ0n) is 18.6. The summed E-state index contributed by atoms with van der Waals surface area (Å²) < 4.78 is 52.7. The van der Waals surface area contributed by atoms with E-state index in [2.05, 4.69) is 10.1 Å². The summed E-state index contributed by atoms with van der Waals surface area (Å²) in [5.74, 6) is -0.575. The van der Waals surface area contributed by atoms with Crippen molar-refractivity contribution in [2.75, 3.05) is 13.7 Å². The number of aromatic nitrogens is 3. The van der Waals surface area contributed by atoms with Gasteiger partial charge < -0.3 is 9.47 Å². The molecule has 0 N–H and O–H groups in total. The third-order valence-electron chi connectivity index (χ3n) is 5.04. The zero-order chi connectivity index (χ0) is 25.2. The number of benzene rings is 2. The highest BCUT2D eigenvalue weighted by Crippen LogP contribution is 2.41. The molecule has 0 radical (unpaired) electrons. The Morgan fingerprint density at radius 3 is 2.51 bits per heavy atom. The van der Waals surface area contributed by atoms with Crippen LogP contribution >= 0.6 is 11.8 Å². The minimum absolute atomic E-state index is 0.0694. The van der Waals surface area contributed by atoms with Gasteiger partial charge in [0.05, 0.1) is 24.1 Å². The molecule has 182 valence electrons. The van der Waals surface area contributed by atoms with Crippen molar-refractivity contribution in [3.05, 3.63) is 70.6 Å². The van der Waals surface area contributed by atoms with E-state index in [1.807, 2.05) is 0 Å². The molecule has 2 aromatic carbocycles. The molecule has 1 aliphatic rings. The third-order valence-corrected chi connectivity index (χ3v) is 5.95. The Kier molecular flexibility index (Phi) is 6.83. The molecular formula is C23H19F3N4O4S. The number of thioether (sulfide) groups is 1. The van der Waals surface area contributed by atoms with Gasteiger partial charge in [-0.2, -0.15) is 18.3 Å². The lowest BCUT2D eigenvalue weighted by molar-refractivity contribution is -0.138. The molecule has 0 unspecified atom stereocenters. The number of carbonyl (C=O) groups excluding carboxylic acids is 2. The van der Waals surface area contributed by atoms with E-state index in [0.717, 1.165) is 22.7 Å². The van der Waals surface area contributed by atoms with Crippen LogP contribution in [0.5, 0.6) is 17.2 Å². The van der Waals surface area contributed by atoms with Gasteiger partial charge >= 0.3 is 6.18 Å². The lowest BCUT2D eigenvalue weighted by Crippen LogP contribution is -2.31. The lowest BCUT2D eigenvalue weighted by atomic mass is 10.1. The molecule has 0 bridgehead atoms. The Balaban J connectivity index is 1.54. The number of ether oxygens (including phenoxy) is 2. The summed E-state index contributed by atoms with van der Waals surface area (Å²) in [4.78, 5) is 30.2. The van der Waals surface area contributed by atoms with Crippen LogP contribution < -0.4 is 9.47 Å². The van der Waals surface area contributed by atoms with E-state index in [0.29, 0.717) is 17.7 Å². The number of nitrogens with zero attached hydrogens (tertiary/aromatic N) is 4. The normalized spacial score (nSPS) is 15.2. The van der Waals surface area contributed by atoms with Crippen molar-refractivity contribution in [1.82, 2.24) is 19.7 Å². The molecular weight excluding hydrogens is 485 g/mol. The van der Waals surface area contributed by atoms with Crippen molar-refractivity contribution in [2.24, 2.45) is 0 Å². The Morgan fingerprint density at radius 2 is 1.83 bits per heavy atom. The molecule has 4 rings (SSSR count). The topological polar surface area (TPSA) is 86.5 Å². The van der Waals surface area contributed by atoms with Crippen LogP contribution in [0.2, 0.25) is 0 Å². The van der Waals surface area contributed by atoms with Crippen LogP contribution in [0.3, 0.4) is 0 Å². The molecule has 1 saturated heterocycles. The number of amides is 2. The van der Waals surface area contributed by atoms with E-state index in [4.69, 9.17) is 9.47 Å². The average molecular weight is 504 g/mol. The smallest absolute Gasteiger partial charge is 0.419 e. The van der Waals surface area contributed by atoms with E-state index in [1.165, 1.54) is 54.8 Å². The number of carbonyl (C=O) groups is 2. The van der Waals surface area contributed by atoms with Crippen LogP contribution in [0.25, 0.3) is 6.08 Å². The average Bonchev–Trinajstić information content (AvgIpc) is 3.42. The summed E-state index contributed by atoms with van der Waals surface area (Å²) in [5.41, 5.74) is 0.0568. The van der Waals surface area contributed by atoms with Crippen molar-refractivity contribution in [3.8, 4) is 17.2 Å². The number of hydrogen-bond acceptors (Lipinski definition) is 7. The number of methoxy groups -OCH3 is 1. The SMILES string of the molecule is COc1cc(/C=C2\SC(=O)N(CCn3cncn3)C2=O)ccc1Oc1ccc(C)cc1C(F)(F)F. The summed E-state index contributed by atoms with van der Waals surface area (Å²) >= 11 is 0.796. The minimum Gasteiger partial charge on any atom is -0.493 e. The first-order valence-corrected chi connectivity index (χ1v) is 11.1. The van der Waals surface area contributed by atoms with Gasteiger partial charge in [0.2, 0.25) is 0 Å². The van der Waals surface area contributed by atoms with Crippen LogP contribution in [-0.4, -0.2) is 44.5 Å². The summed E-state index contributed by atoms with van der Waals surface area (Å²) in [5, 5.41) is 3.53. The minimum atomic E-state index is -4.59. The molecule has 0 aliphatic carbocycles. The third kappa shape index (κ3) is 5.48. The van der Waals surface area contributed by atoms with Gasteiger partial charge in [-0.15, -0.1) is 0 Å². The summed E-state index contributed by atoms with van der Waals surface area (Å²) in [6, 6.07) is 8.29. The Labute approximate surface area is 202 Å². The van der Waals surface area contributed by atoms with Crippen LogP contribution in [-0.2, 0) is 17.5 Å². The van der Waals surface area contributed by atoms with Gasteiger partial charge in [-0.25, -0.2) is 4.98 Å². The molecule has 3 aromatic rings. The molecule has 2 amide bonds. The largest absolute Gasteiger partial charge is 0.493 e. The van der Waals surface area contributed by atoms with Gasteiger partial charge in [-0.3, -0.25) is 19.2 Å². The monoisotopic (exact) mass is 504 g/mol. The molecule has 2 heterocycles. The molecule has 1 fully saturated rings. The number of imide groups is 1. The van der Waals surface area contributed by atoms with Crippen LogP contribution in [0.1, 0.15) is 16.7 Å². The molecule has 35 heavy (non-hydrogen) atoms. The van der Waals surface area contributed by atoms with Gasteiger partial charge in [0.15, 0.2) is 11.5 Å². The second kappa shape index (κ2) is 9.82. The predicted octanol–water partition coefficient (Wildman–Crippen LogP) is 5.14. The fraction of sp³-hybridized carbons (Fsp3) is 0.217. The Hall–Kier alpha value is -3.80. The van der Waals surface area contributed by atoms with Crippen LogP contribution in [0, 0.1) is 6.92 Å². The molecule has 0 spiro atoms. The van der Waals surface area contributed by atoms with E-state index in [1.54, 1.807) is 13.0 Å². The highest BCUT2D eigenvalue weighted by molar-refractivity contribution is 8.18. The van der Waals surface area contributed by atoms with Crippen molar-refractivity contribution >= 4 is 29.0 Å². The maximum Gasteiger partial charge on any atom is 0.419 e. The van der Waals surface area contributed by atoms with Crippen LogP contribution in [0.4, 0.5) is 18.0 Å². The first kappa shape index (κ1) is 24.3. The molecule has 8 nitrogen and oxygen atoms in total. The van der Waals surface area contributed by atoms with Crippen molar-refractivity contribution in [3.63, 3.8) is 0 Å². The maximum atomic E-state index is 13.4. The number of alkyl halides is 3. The van der Waals surface area contributed by atoms with Crippen molar-refractivity contribution in [2.45, 2.75) is 19.6 Å². The first-order valence-electron chi connectivity index (χ1n) is 10.3. The van der Waals surface area contributed by atoms with E-state index < -0.39 is 22.9 Å². The first-order chi connectivity index (χ1) is 16.7. The van der Waals surface area contributed by atoms with Crippen LogP contribution in [0.15, 0.2) is 54.0 Å². The maximum absolute atomic E-state index is 13.4. The second-order valence-electron chi connectivity index (χ2n) is 7.50. The van der Waals surface area contributed by atoms with Gasteiger partial charge in [0.25, 0.3) is 11.1 Å². The van der Waals surface area contributed by atoms with Gasteiger partial charge in [-0.05, 0) is 54.6 Å². The fourth-order valence-corrected chi connectivity index (χ4v) is 4.19. The second-order valence-corrected chi connectivity index (χ2v) is 8.49. The van der Waals surface area contributed by atoms with Gasteiger partial charge in [0.1, 0.15) is 18.4 Å². The van der Waals surface area contributed by atoms with E-state index in [9.17, 15) is 22.8 Å². The number of rotatable bonds is 7. The highest BCUT2D eigenvalue weighted by atomic mass is 32.2. The van der Waals surface area contributed by atoms with Gasteiger partial charge in [0, 0.05) is 6.54 Å². The summed E-state index contributed by atoms with van der Waals surface area (Å²) in [6.45, 7) is 2.01.